The van der Waals surface area contributed by atoms with Crippen LogP contribution in [0.5, 0.6) is 0 Å². The average molecular weight is 426 g/mol. The monoisotopic (exact) mass is 425 g/mol. The molecule has 0 aliphatic rings. The first kappa shape index (κ1) is 21.2. The summed E-state index contributed by atoms with van der Waals surface area (Å²) in [6.45, 7) is 0.546. The predicted molar refractivity (Wildman–Crippen MR) is 109 cm³/mol. The van der Waals surface area contributed by atoms with Gasteiger partial charge in [0.15, 0.2) is 0 Å². The van der Waals surface area contributed by atoms with Gasteiger partial charge in [-0.15, -0.1) is 0 Å². The standard InChI is InChI=1S/C18H17Cl2N3O3S/c1-22(12-24)26-18(21-17(25)14-5-9-16(20)10-6-14)27-23(2)11-13-3-7-15(19)8-4-13/h3-10,12H,11H2,1-2H3. The van der Waals surface area contributed by atoms with Crippen molar-refractivity contribution in [1.29, 1.82) is 0 Å². The molecular weight excluding hydrogens is 409 g/mol. The minimum atomic E-state index is -0.506. The Morgan fingerprint density at radius 3 is 2.19 bits per heavy atom. The Labute approximate surface area is 171 Å². The molecule has 27 heavy (non-hydrogen) atoms. The normalized spacial score (nSPS) is 11.4. The molecule has 0 aliphatic heterocycles. The first-order valence-corrected chi connectivity index (χ1v) is 9.28. The third-order valence-electron chi connectivity index (χ3n) is 3.21. The third kappa shape index (κ3) is 7.22. The van der Waals surface area contributed by atoms with Crippen LogP contribution in [0.3, 0.4) is 0 Å². The Bertz CT molecular complexity index is 814. The first-order valence-electron chi connectivity index (χ1n) is 7.75. The second-order valence-corrected chi connectivity index (χ2v) is 7.46. The summed E-state index contributed by atoms with van der Waals surface area (Å²) in [6, 6.07) is 13.7. The Morgan fingerprint density at radius 1 is 1.07 bits per heavy atom. The van der Waals surface area contributed by atoms with Gasteiger partial charge in [-0.2, -0.15) is 10.1 Å². The number of amides is 2. The number of rotatable bonds is 6. The number of halogens is 2. The molecule has 0 fully saturated rings. The van der Waals surface area contributed by atoms with E-state index in [9.17, 15) is 9.59 Å². The van der Waals surface area contributed by atoms with Crippen LogP contribution in [0.15, 0.2) is 53.5 Å². The molecule has 0 atom stereocenters. The summed E-state index contributed by atoms with van der Waals surface area (Å²) in [5.74, 6) is -0.506. The van der Waals surface area contributed by atoms with Crippen LogP contribution in [0.4, 0.5) is 0 Å². The lowest BCUT2D eigenvalue weighted by Crippen LogP contribution is -2.23. The quantitative estimate of drug-likeness (QED) is 0.227. The van der Waals surface area contributed by atoms with E-state index in [0.29, 0.717) is 28.6 Å². The molecule has 2 aromatic rings. The molecule has 0 N–H and O–H groups in total. The topological polar surface area (TPSA) is 62.2 Å². The zero-order valence-electron chi connectivity index (χ0n) is 14.6. The molecule has 2 amide bonds. The van der Waals surface area contributed by atoms with Crippen LogP contribution in [0.25, 0.3) is 0 Å². The van der Waals surface area contributed by atoms with E-state index in [2.05, 4.69) is 4.99 Å². The highest BCUT2D eigenvalue weighted by Gasteiger charge is 2.15. The highest BCUT2D eigenvalue weighted by atomic mass is 35.5. The lowest BCUT2D eigenvalue weighted by molar-refractivity contribution is -0.139. The average Bonchev–Trinajstić information content (AvgIpc) is 2.63. The number of nitrogens with zero attached hydrogens (tertiary/aromatic N) is 3. The van der Waals surface area contributed by atoms with Gasteiger partial charge in [0.1, 0.15) is 0 Å². The highest BCUT2D eigenvalue weighted by Crippen LogP contribution is 2.18. The number of carbonyl (C=O) groups is 2. The first-order chi connectivity index (χ1) is 12.9. The molecule has 142 valence electrons. The number of hydrogen-bond donors (Lipinski definition) is 0. The maximum Gasteiger partial charge on any atom is 0.299 e. The molecule has 9 heteroatoms. The molecule has 0 saturated carbocycles. The zero-order chi connectivity index (χ0) is 19.8. The van der Waals surface area contributed by atoms with Crippen molar-refractivity contribution in [2.24, 2.45) is 4.99 Å². The number of benzene rings is 2. The molecule has 0 spiro atoms. The molecular formula is C18H17Cl2N3O3S. The lowest BCUT2D eigenvalue weighted by Gasteiger charge is -2.18. The van der Waals surface area contributed by atoms with E-state index in [1.54, 1.807) is 36.4 Å². The van der Waals surface area contributed by atoms with Crippen molar-refractivity contribution in [2.75, 3.05) is 14.1 Å². The van der Waals surface area contributed by atoms with Gasteiger partial charge >= 0.3 is 0 Å². The smallest absolute Gasteiger partial charge is 0.299 e. The molecule has 2 rings (SSSR count). The Hall–Kier alpha value is -2.06. The van der Waals surface area contributed by atoms with Crippen LogP contribution in [0.2, 0.25) is 10.0 Å². The number of carbonyl (C=O) groups excluding carboxylic acids is 2. The van der Waals surface area contributed by atoms with E-state index in [4.69, 9.17) is 28.0 Å². The van der Waals surface area contributed by atoms with Crippen molar-refractivity contribution in [3.05, 3.63) is 69.7 Å². The fraction of sp³-hybridized carbons (Fsp3) is 0.167. The predicted octanol–water partition coefficient (Wildman–Crippen LogP) is 4.29. The van der Waals surface area contributed by atoms with Crippen LogP contribution in [-0.4, -0.2) is 41.0 Å². The van der Waals surface area contributed by atoms with E-state index in [1.807, 2.05) is 23.5 Å². The van der Waals surface area contributed by atoms with E-state index in [1.165, 1.54) is 7.05 Å². The van der Waals surface area contributed by atoms with Gasteiger partial charge in [0.25, 0.3) is 11.1 Å². The number of hydroxylamine groups is 2. The van der Waals surface area contributed by atoms with Gasteiger partial charge in [-0.05, 0) is 49.0 Å². The Morgan fingerprint density at radius 2 is 1.63 bits per heavy atom. The van der Waals surface area contributed by atoms with Gasteiger partial charge in [0.2, 0.25) is 6.41 Å². The van der Waals surface area contributed by atoms with Gasteiger partial charge in [-0.25, -0.2) is 4.31 Å². The third-order valence-corrected chi connectivity index (χ3v) is 4.47. The molecule has 0 radical (unpaired) electrons. The van der Waals surface area contributed by atoms with E-state index >= 15 is 0 Å². The molecule has 6 nitrogen and oxygen atoms in total. The minimum Gasteiger partial charge on any atom is -0.348 e. The largest absolute Gasteiger partial charge is 0.348 e. The van der Waals surface area contributed by atoms with Gasteiger partial charge in [0, 0.05) is 41.1 Å². The molecule has 0 saturated heterocycles. The Balaban J connectivity index is 2.12. The molecule has 0 aromatic heterocycles. The van der Waals surface area contributed by atoms with Crippen LogP contribution >= 0.6 is 35.1 Å². The maximum absolute atomic E-state index is 12.3. The van der Waals surface area contributed by atoms with Crippen molar-refractivity contribution >= 4 is 52.7 Å². The highest BCUT2D eigenvalue weighted by molar-refractivity contribution is 8.11. The van der Waals surface area contributed by atoms with E-state index in [0.717, 1.165) is 22.6 Å². The fourth-order valence-electron chi connectivity index (χ4n) is 1.95. The molecule has 0 unspecified atom stereocenters. The van der Waals surface area contributed by atoms with Crippen molar-refractivity contribution in [3.63, 3.8) is 0 Å². The van der Waals surface area contributed by atoms with Gasteiger partial charge in [-0.1, -0.05) is 35.3 Å². The molecule has 0 bridgehead atoms. The van der Waals surface area contributed by atoms with Crippen LogP contribution in [-0.2, 0) is 16.2 Å². The molecule has 0 heterocycles. The Kier molecular flexibility index (Phi) is 8.12. The summed E-state index contributed by atoms with van der Waals surface area (Å²) < 4.78 is 1.82. The van der Waals surface area contributed by atoms with E-state index < -0.39 is 5.91 Å². The second kappa shape index (κ2) is 10.3. The molecule has 2 aromatic carbocycles. The van der Waals surface area contributed by atoms with Crippen LogP contribution in [0.1, 0.15) is 15.9 Å². The molecule has 0 aliphatic carbocycles. The van der Waals surface area contributed by atoms with Gasteiger partial charge in [0.05, 0.1) is 0 Å². The zero-order valence-corrected chi connectivity index (χ0v) is 17.0. The van der Waals surface area contributed by atoms with Crippen molar-refractivity contribution in [1.82, 2.24) is 9.37 Å². The van der Waals surface area contributed by atoms with Gasteiger partial charge in [-0.3, -0.25) is 9.59 Å². The summed E-state index contributed by atoms with van der Waals surface area (Å²) in [4.78, 5) is 32.5. The van der Waals surface area contributed by atoms with Gasteiger partial charge < -0.3 is 4.84 Å². The summed E-state index contributed by atoms with van der Waals surface area (Å²) in [5, 5.41) is 2.11. The number of hydrogen-bond acceptors (Lipinski definition) is 5. The summed E-state index contributed by atoms with van der Waals surface area (Å²) in [5.41, 5.74) is 1.37. The van der Waals surface area contributed by atoms with Crippen LogP contribution in [0, 0.1) is 0 Å². The SMILES string of the molecule is CN(C=O)OC(=NC(=O)c1ccc(Cl)cc1)SN(C)Cc1ccc(Cl)cc1. The fourth-order valence-corrected chi connectivity index (χ4v) is 2.96. The second-order valence-electron chi connectivity index (χ2n) is 5.44. The summed E-state index contributed by atoms with van der Waals surface area (Å²) >= 11 is 12.8. The lowest BCUT2D eigenvalue weighted by atomic mass is 10.2. The van der Waals surface area contributed by atoms with Crippen LogP contribution < -0.4 is 0 Å². The number of aliphatic imine (C=N–C) groups is 1. The van der Waals surface area contributed by atoms with Crippen molar-refractivity contribution in [3.8, 4) is 0 Å². The van der Waals surface area contributed by atoms with Crippen molar-refractivity contribution in [2.45, 2.75) is 6.54 Å². The summed E-state index contributed by atoms with van der Waals surface area (Å²) in [7, 11) is 3.22. The minimum absolute atomic E-state index is 0.0148. The van der Waals surface area contributed by atoms with E-state index in [-0.39, 0.29) is 5.23 Å². The van der Waals surface area contributed by atoms with Crippen molar-refractivity contribution < 1.29 is 14.4 Å². The maximum atomic E-state index is 12.3. The summed E-state index contributed by atoms with van der Waals surface area (Å²) in [6.07, 6.45) is 0.474.